The summed E-state index contributed by atoms with van der Waals surface area (Å²) in [7, 11) is 0. The second kappa shape index (κ2) is 5.63. The molecule has 3 rings (SSSR count). The summed E-state index contributed by atoms with van der Waals surface area (Å²) in [6.07, 6.45) is 4.88. The molecule has 0 bridgehead atoms. The lowest BCUT2D eigenvalue weighted by molar-refractivity contribution is -0.130. The summed E-state index contributed by atoms with van der Waals surface area (Å²) in [5.74, 6) is -0.387. The first-order chi connectivity index (χ1) is 10.1. The molecule has 21 heavy (non-hydrogen) atoms. The number of fused-ring (bicyclic) bond motifs is 1. The maximum Gasteiger partial charge on any atom is 0.238 e. The molecule has 1 amide bonds. The highest BCUT2D eigenvalue weighted by Gasteiger charge is 2.48. The van der Waals surface area contributed by atoms with Crippen molar-refractivity contribution in [2.75, 3.05) is 6.54 Å². The number of ketones is 1. The molecule has 0 aliphatic carbocycles. The number of carbonyl (C=O) groups excluding carboxylic acids is 2. The van der Waals surface area contributed by atoms with E-state index in [4.69, 9.17) is 0 Å². The normalized spacial score (nSPS) is 25.3. The number of benzene rings is 1. The van der Waals surface area contributed by atoms with E-state index >= 15 is 0 Å². The van der Waals surface area contributed by atoms with E-state index in [9.17, 15) is 9.59 Å². The summed E-state index contributed by atoms with van der Waals surface area (Å²) >= 11 is 0. The van der Waals surface area contributed by atoms with Crippen LogP contribution < -0.4 is 0 Å². The Morgan fingerprint density at radius 2 is 2.05 bits per heavy atom. The third-order valence-electron chi connectivity index (χ3n) is 4.77. The number of piperidine rings is 1. The van der Waals surface area contributed by atoms with Crippen LogP contribution in [0, 0.1) is 6.92 Å². The topological polar surface area (TPSA) is 37.4 Å². The van der Waals surface area contributed by atoms with E-state index in [1.807, 2.05) is 17.0 Å². The van der Waals surface area contributed by atoms with Crippen molar-refractivity contribution in [2.45, 2.75) is 57.9 Å². The Kier molecular flexibility index (Phi) is 3.83. The van der Waals surface area contributed by atoms with E-state index < -0.39 is 5.92 Å². The van der Waals surface area contributed by atoms with Crippen LogP contribution in [0.1, 0.15) is 55.2 Å². The summed E-state index contributed by atoms with van der Waals surface area (Å²) in [6.45, 7) is 4.94. The zero-order valence-corrected chi connectivity index (χ0v) is 12.9. The van der Waals surface area contributed by atoms with Gasteiger partial charge in [-0.15, -0.1) is 0 Å². The molecule has 0 aromatic heterocycles. The highest BCUT2D eigenvalue weighted by atomic mass is 16.2. The lowest BCUT2D eigenvalue weighted by atomic mass is 9.87. The van der Waals surface area contributed by atoms with Crippen molar-refractivity contribution in [1.29, 1.82) is 0 Å². The zero-order chi connectivity index (χ0) is 15.0. The van der Waals surface area contributed by atoms with E-state index in [0.29, 0.717) is 0 Å². The SMILES string of the molecule is CCCc1cc(C)ccc1C1C(=O)C2CCCCN2C1=O. The van der Waals surface area contributed by atoms with E-state index in [1.165, 1.54) is 11.1 Å². The molecule has 0 saturated carbocycles. The molecule has 2 saturated heterocycles. The van der Waals surface area contributed by atoms with Crippen LogP contribution in [0.4, 0.5) is 0 Å². The van der Waals surface area contributed by atoms with Gasteiger partial charge < -0.3 is 4.90 Å². The summed E-state index contributed by atoms with van der Waals surface area (Å²) < 4.78 is 0. The zero-order valence-electron chi connectivity index (χ0n) is 12.9. The van der Waals surface area contributed by atoms with Gasteiger partial charge in [0.15, 0.2) is 5.78 Å². The van der Waals surface area contributed by atoms with Crippen LogP contribution in [0.25, 0.3) is 0 Å². The molecule has 2 unspecified atom stereocenters. The Bertz CT molecular complexity index is 555. The molecule has 2 fully saturated rings. The third-order valence-corrected chi connectivity index (χ3v) is 4.77. The maximum absolute atomic E-state index is 12.7. The molecule has 0 N–H and O–H groups in total. The van der Waals surface area contributed by atoms with Gasteiger partial charge in [0, 0.05) is 6.54 Å². The molecule has 0 spiro atoms. The van der Waals surface area contributed by atoms with Crippen LogP contribution in [0.3, 0.4) is 0 Å². The molecule has 112 valence electrons. The van der Waals surface area contributed by atoms with Crippen molar-refractivity contribution < 1.29 is 9.59 Å². The Balaban J connectivity index is 2.00. The van der Waals surface area contributed by atoms with Crippen molar-refractivity contribution in [1.82, 2.24) is 4.90 Å². The molecule has 0 radical (unpaired) electrons. The van der Waals surface area contributed by atoms with E-state index in [-0.39, 0.29) is 17.7 Å². The van der Waals surface area contributed by atoms with E-state index in [0.717, 1.165) is 44.2 Å². The summed E-state index contributed by atoms with van der Waals surface area (Å²) in [6, 6.07) is 5.99. The molecule has 3 heteroatoms. The van der Waals surface area contributed by atoms with Crippen LogP contribution in [-0.2, 0) is 16.0 Å². The van der Waals surface area contributed by atoms with Gasteiger partial charge in [-0.2, -0.15) is 0 Å². The molecule has 2 aliphatic heterocycles. The number of nitrogens with zero attached hydrogens (tertiary/aromatic N) is 1. The predicted octanol–water partition coefficient (Wildman–Crippen LogP) is 2.99. The summed E-state index contributed by atoms with van der Waals surface area (Å²) in [5, 5.41) is 0. The summed E-state index contributed by atoms with van der Waals surface area (Å²) in [4.78, 5) is 27.3. The first-order valence-corrected chi connectivity index (χ1v) is 8.07. The number of hydrogen-bond acceptors (Lipinski definition) is 2. The molecule has 2 heterocycles. The fourth-order valence-corrected chi connectivity index (χ4v) is 3.76. The first kappa shape index (κ1) is 14.3. The molecule has 1 aromatic carbocycles. The minimum absolute atomic E-state index is 0.0332. The number of hydrogen-bond donors (Lipinski definition) is 0. The minimum atomic E-state index is -0.546. The minimum Gasteiger partial charge on any atom is -0.332 e. The number of aryl methyl sites for hydroxylation is 2. The average molecular weight is 285 g/mol. The summed E-state index contributed by atoms with van der Waals surface area (Å²) in [5.41, 5.74) is 3.31. The van der Waals surface area contributed by atoms with Crippen molar-refractivity contribution in [2.24, 2.45) is 0 Å². The van der Waals surface area contributed by atoms with Gasteiger partial charge in [0.25, 0.3) is 0 Å². The second-order valence-electron chi connectivity index (χ2n) is 6.33. The lowest BCUT2D eigenvalue weighted by Crippen LogP contribution is -2.39. The Morgan fingerprint density at radius 3 is 2.76 bits per heavy atom. The van der Waals surface area contributed by atoms with Crippen LogP contribution in [0.2, 0.25) is 0 Å². The smallest absolute Gasteiger partial charge is 0.238 e. The van der Waals surface area contributed by atoms with Gasteiger partial charge in [-0.25, -0.2) is 0 Å². The fourth-order valence-electron chi connectivity index (χ4n) is 3.76. The van der Waals surface area contributed by atoms with Crippen LogP contribution in [0.15, 0.2) is 18.2 Å². The van der Waals surface area contributed by atoms with Crippen molar-refractivity contribution >= 4 is 11.7 Å². The third kappa shape index (κ3) is 2.39. The predicted molar refractivity (Wildman–Crippen MR) is 82.3 cm³/mol. The van der Waals surface area contributed by atoms with Gasteiger partial charge in [0.2, 0.25) is 5.91 Å². The largest absolute Gasteiger partial charge is 0.332 e. The monoisotopic (exact) mass is 285 g/mol. The van der Waals surface area contributed by atoms with Gasteiger partial charge in [-0.3, -0.25) is 9.59 Å². The molecule has 2 atom stereocenters. The number of rotatable bonds is 3. The molecular formula is C18H23NO2. The van der Waals surface area contributed by atoms with Crippen molar-refractivity contribution in [3.05, 3.63) is 34.9 Å². The quantitative estimate of drug-likeness (QED) is 0.801. The van der Waals surface area contributed by atoms with Crippen molar-refractivity contribution in [3.63, 3.8) is 0 Å². The van der Waals surface area contributed by atoms with Crippen LogP contribution >= 0.6 is 0 Å². The molecule has 1 aromatic rings. The van der Waals surface area contributed by atoms with E-state index in [1.54, 1.807) is 0 Å². The molecule has 2 aliphatic rings. The van der Waals surface area contributed by atoms with Crippen molar-refractivity contribution in [3.8, 4) is 0 Å². The Labute approximate surface area is 126 Å². The second-order valence-corrected chi connectivity index (χ2v) is 6.33. The number of carbonyl (C=O) groups is 2. The number of amides is 1. The average Bonchev–Trinajstić information content (AvgIpc) is 2.73. The first-order valence-electron chi connectivity index (χ1n) is 8.07. The number of Topliss-reactive ketones (excluding diaryl/α,β-unsaturated/α-hetero) is 1. The Hall–Kier alpha value is -1.64. The van der Waals surface area contributed by atoms with E-state index in [2.05, 4.69) is 19.9 Å². The van der Waals surface area contributed by atoms with Gasteiger partial charge in [-0.1, -0.05) is 37.1 Å². The van der Waals surface area contributed by atoms with Gasteiger partial charge >= 0.3 is 0 Å². The Morgan fingerprint density at radius 1 is 1.24 bits per heavy atom. The maximum atomic E-state index is 12.7. The van der Waals surface area contributed by atoms with Gasteiger partial charge in [-0.05, 0) is 43.7 Å². The molecular weight excluding hydrogens is 262 g/mol. The van der Waals surface area contributed by atoms with Gasteiger partial charge in [0.1, 0.15) is 5.92 Å². The highest BCUT2D eigenvalue weighted by Crippen LogP contribution is 2.36. The van der Waals surface area contributed by atoms with Crippen LogP contribution in [0.5, 0.6) is 0 Å². The highest BCUT2D eigenvalue weighted by molar-refractivity contribution is 6.15. The molecule has 3 nitrogen and oxygen atoms in total. The fraction of sp³-hybridized carbons (Fsp3) is 0.556. The van der Waals surface area contributed by atoms with Crippen LogP contribution in [-0.4, -0.2) is 29.2 Å². The standard InChI is InChI=1S/C18H23NO2/c1-3-6-13-11-12(2)8-9-14(13)16-17(20)15-7-4-5-10-19(15)18(16)21/h8-9,11,15-16H,3-7,10H2,1-2H3. The lowest BCUT2D eigenvalue weighted by Gasteiger charge is -2.27. The van der Waals surface area contributed by atoms with Gasteiger partial charge in [0.05, 0.1) is 6.04 Å².